The van der Waals surface area contributed by atoms with E-state index in [1.54, 1.807) is 68.6 Å². The standard InChI is InChI=1S/C62H111N11O12.C40H50N6O8S/c1-25-28-29-40(15)52(75)51-56(79)65-43(27-3)58(81)67(18)33-47(74)71(22)50(39(14)26-2)55(78)66-48(37(10)11)61(84)68(19)44(30-34(4)5)54(77)63-41(16)53(76)64-42(17)57(80)69(20)45(31-35(6)7)59(82)70(21)46(32-36(8)9)60(83)72(23)49(38(12)13)62(85)73(51)24;1-23(2)41-38-43-32(22-55-38)31-19-34(28-16-15-26(52-3)17-30(28)42-31)53-27-18-33-35(47)45-40(37(49)50)20-24(40)11-7-5-4-6-8-14-29(36(48)46(33)21-27)44-39(51)54-25-12-9-10-13-25/h25,28,34-46,48-52,75H,26-27,29-33H2,1-24H3,(H,63,77)(H,64,76)(H,65,79)(H,66,78);7,11,15-17,19,22-25,27,29,33H,4-6,8-10,12-14,18,20-21H2,1-3H3,(H,41,43)(H,44,51)(H,45,47)(H,49,50)/b28-25+;11-7-/t39-,40+,41-,42+,43-,44-,45-,46-,48-,49-,50-,51-,52+;24-,27-,29-,33+,40-/m01/s1. The lowest BCUT2D eigenvalue weighted by Crippen LogP contribution is -2.63. The molecule has 3 aliphatic heterocycles. The number of carbonyl (C=O) groups excluding carboxylic acids is 14. The van der Waals surface area contributed by atoms with E-state index in [4.69, 9.17) is 24.2 Å². The van der Waals surface area contributed by atoms with Gasteiger partial charge in [0, 0.05) is 90.6 Å². The minimum absolute atomic E-state index is 0.0224. The van der Waals surface area contributed by atoms with Crippen molar-refractivity contribution in [2.24, 2.45) is 47.3 Å². The fourth-order valence-corrected chi connectivity index (χ4v) is 19.6. The van der Waals surface area contributed by atoms with Crippen molar-refractivity contribution < 1.29 is 96.3 Å². The number of amides is 14. The molecule has 4 fully saturated rings. The van der Waals surface area contributed by atoms with Crippen molar-refractivity contribution in [2.75, 3.05) is 74.8 Å². The molecule has 5 aliphatic rings. The molecule has 0 spiro atoms. The number of aromatic nitrogens is 2. The molecule has 780 valence electrons. The fourth-order valence-electron chi connectivity index (χ4n) is 18.7. The Morgan fingerprint density at radius 3 is 1.77 bits per heavy atom. The number of allylic oxidation sites excluding steroid dienone is 3. The molecule has 2 saturated heterocycles. The molecule has 38 heteroatoms. The molecule has 3 aromatic rings. The van der Waals surface area contributed by atoms with Crippen molar-refractivity contribution in [1.82, 2.24) is 81.1 Å². The van der Waals surface area contributed by atoms with E-state index < -0.39 is 209 Å². The molecule has 8 rings (SSSR count). The van der Waals surface area contributed by atoms with Crippen molar-refractivity contribution in [3.63, 3.8) is 0 Å². The van der Waals surface area contributed by atoms with Crippen LogP contribution >= 0.6 is 11.3 Å². The largest absolute Gasteiger partial charge is 0.497 e. The van der Waals surface area contributed by atoms with Crippen LogP contribution in [0.5, 0.6) is 11.5 Å². The monoisotopic (exact) mass is 1980 g/mol. The summed E-state index contributed by atoms with van der Waals surface area (Å²) in [7, 11) is 11.5. The number of likely N-dealkylation sites (N-methyl/N-ethyl adjacent to an activating group) is 7. The number of aliphatic hydroxyl groups is 1. The van der Waals surface area contributed by atoms with Gasteiger partial charge in [-0.3, -0.25) is 62.3 Å². The summed E-state index contributed by atoms with van der Waals surface area (Å²) < 4.78 is 17.9. The van der Waals surface area contributed by atoms with E-state index in [2.05, 4.69) is 37.2 Å². The van der Waals surface area contributed by atoms with Gasteiger partial charge in [0.25, 0.3) is 0 Å². The number of anilines is 1. The lowest BCUT2D eigenvalue weighted by molar-refractivity contribution is -0.157. The average molecular weight is 1980 g/mol. The lowest BCUT2D eigenvalue weighted by atomic mass is 9.91. The zero-order chi connectivity index (χ0) is 105. The quantitative estimate of drug-likeness (QED) is 0.0377. The predicted octanol–water partition coefficient (Wildman–Crippen LogP) is 9.32. The molecule has 2 aromatic heterocycles. The first-order valence-corrected chi connectivity index (χ1v) is 50.9. The number of carboxylic acids is 1. The second kappa shape index (κ2) is 52.6. The van der Waals surface area contributed by atoms with Crippen molar-refractivity contribution >= 4 is 116 Å². The van der Waals surface area contributed by atoms with Gasteiger partial charge >= 0.3 is 12.1 Å². The lowest BCUT2D eigenvalue weighted by Gasteiger charge is -2.41. The minimum Gasteiger partial charge on any atom is -0.497 e. The Labute approximate surface area is 831 Å². The fraction of sp³-hybridized carbons (Fsp3) is 0.696. The number of rotatable bonds is 24. The average Bonchev–Trinajstić information content (AvgIpc) is 1.58. The Morgan fingerprint density at radius 1 is 0.607 bits per heavy atom. The Balaban J connectivity index is 0.000000413. The van der Waals surface area contributed by atoms with E-state index >= 15 is 9.59 Å². The number of pyridine rings is 1. The molecule has 14 amide bonds. The van der Waals surface area contributed by atoms with Crippen LogP contribution in [0.4, 0.5) is 9.93 Å². The number of hydrogen-bond donors (Lipinski definition) is 9. The van der Waals surface area contributed by atoms with Gasteiger partial charge in [-0.15, -0.1) is 11.3 Å². The zero-order valence-corrected chi connectivity index (χ0v) is 88.4. The summed E-state index contributed by atoms with van der Waals surface area (Å²) in [6, 6.07) is -6.84. The van der Waals surface area contributed by atoms with Crippen molar-refractivity contribution in [2.45, 2.75) is 343 Å². The van der Waals surface area contributed by atoms with Crippen LogP contribution in [0, 0.1) is 47.3 Å². The summed E-state index contributed by atoms with van der Waals surface area (Å²) >= 11 is 1.47. The first-order valence-electron chi connectivity index (χ1n) is 50.0. The molecule has 0 unspecified atom stereocenters. The molecule has 1 aromatic carbocycles. The highest BCUT2D eigenvalue weighted by Gasteiger charge is 2.62. The number of aliphatic carboxylic acids is 1. The molecule has 5 heterocycles. The number of fused-ring (bicyclic) bond motifs is 3. The summed E-state index contributed by atoms with van der Waals surface area (Å²) in [5.41, 5.74) is 0.394. The molecule has 2 saturated carbocycles. The van der Waals surface area contributed by atoms with Gasteiger partial charge in [0.1, 0.15) is 107 Å². The number of benzene rings is 1. The highest BCUT2D eigenvalue weighted by Crippen LogP contribution is 2.46. The number of hydrogen-bond acceptors (Lipinski definition) is 23. The molecule has 2 aliphatic carbocycles. The summed E-state index contributed by atoms with van der Waals surface area (Å²) in [6.45, 7) is 33.3. The van der Waals surface area contributed by atoms with Crippen LogP contribution in [-0.4, -0.2) is 320 Å². The molecule has 9 N–H and O–H groups in total. The first-order chi connectivity index (χ1) is 65.8. The van der Waals surface area contributed by atoms with Gasteiger partial charge < -0.3 is 101 Å². The first kappa shape index (κ1) is 116. The number of carboxylic acid groups (broad SMARTS) is 1. The number of ether oxygens (including phenoxy) is 3. The molecule has 0 radical (unpaired) electrons. The predicted molar refractivity (Wildman–Crippen MR) is 536 cm³/mol. The van der Waals surface area contributed by atoms with Gasteiger partial charge in [-0.05, 0) is 172 Å². The third kappa shape index (κ3) is 30.3. The number of nitrogens with zero attached hydrogens (tertiary/aromatic N) is 10. The van der Waals surface area contributed by atoms with Gasteiger partial charge in [0.15, 0.2) is 5.13 Å². The number of aliphatic hydroxyl groups excluding tert-OH is 1. The Kier molecular flexibility index (Phi) is 43.6. The molecular formula is C102H161N17O20S. The smallest absolute Gasteiger partial charge is 0.408 e. The summed E-state index contributed by atoms with van der Waals surface area (Å²) in [6.07, 6.45) is 13.0. The third-order valence-electron chi connectivity index (χ3n) is 27.4. The minimum atomic E-state index is -1.61. The molecular weight excluding hydrogens is 1820 g/mol. The topological polar surface area (TPSA) is 460 Å². The number of methoxy groups -OCH3 is 1. The maximum atomic E-state index is 15.1. The number of nitrogens with one attached hydrogen (secondary N) is 7. The summed E-state index contributed by atoms with van der Waals surface area (Å²) in [5.74, 6) is -11.4. The van der Waals surface area contributed by atoms with Crippen molar-refractivity contribution in [3.8, 4) is 22.9 Å². The second-order valence-corrected chi connectivity index (χ2v) is 42.0. The van der Waals surface area contributed by atoms with Crippen LogP contribution in [-0.2, 0) is 71.9 Å². The van der Waals surface area contributed by atoms with Crippen LogP contribution in [0.3, 0.4) is 0 Å². The highest BCUT2D eigenvalue weighted by atomic mass is 32.1. The normalized spacial score (nSPS) is 27.0. The molecule has 18 atom stereocenters. The zero-order valence-electron chi connectivity index (χ0n) is 87.6. The van der Waals surface area contributed by atoms with Crippen LogP contribution in [0.25, 0.3) is 22.3 Å². The van der Waals surface area contributed by atoms with E-state index in [0.29, 0.717) is 59.5 Å². The number of carbonyl (C=O) groups is 15. The van der Waals surface area contributed by atoms with Crippen LogP contribution < -0.4 is 46.7 Å². The van der Waals surface area contributed by atoms with Gasteiger partial charge in [0.05, 0.1) is 37.5 Å². The second-order valence-electron chi connectivity index (χ2n) is 41.1. The summed E-state index contributed by atoms with van der Waals surface area (Å²) in [4.78, 5) is 234. The maximum absolute atomic E-state index is 15.1. The Bertz CT molecular complexity index is 4860. The van der Waals surface area contributed by atoms with Crippen LogP contribution in [0.15, 0.2) is 53.9 Å². The van der Waals surface area contributed by atoms with E-state index in [1.807, 2.05) is 110 Å². The maximum Gasteiger partial charge on any atom is 0.408 e. The van der Waals surface area contributed by atoms with Crippen molar-refractivity contribution in [3.05, 3.63) is 53.9 Å². The van der Waals surface area contributed by atoms with Crippen LogP contribution in [0.1, 0.15) is 241 Å². The molecule has 37 nitrogen and oxygen atoms in total. The van der Waals surface area contributed by atoms with Gasteiger partial charge in [0.2, 0.25) is 76.8 Å². The van der Waals surface area contributed by atoms with E-state index in [-0.39, 0.29) is 80.9 Å². The third-order valence-corrected chi connectivity index (χ3v) is 28.2. The molecule has 0 bridgehead atoms. The SMILES string of the molecule is C/C=C/C[C@@H](C)[C@@H](O)[C@H]1C(=O)N[C@@H](CC)C(=O)N(C)CC(=O)N(C)[C@@H]([C@@H](C)CC)C(=O)N[C@@H](C(C)C)C(=O)N(C)[C@@H](CC(C)C)C(=O)N[C@@H](C)C(=O)N[C@H](C)C(=O)N(C)[C@@H](CC(C)C)C(=O)N(C)[C@@H](CC(C)C)C(=O)N(C)[C@@H](C(C)C)C(=O)N1C.COc1ccc2c(O[C@@H]3C[C@H]4C(=O)N[C@]5(C(=O)O)C[C@H]5/C=C\CCCCC[C@@H](NC(=O)OC5CCCC5)C(=O)N4C3)cc(-c3csc(NC(C)C)n3)nc2c1. The Morgan fingerprint density at radius 2 is 1.19 bits per heavy atom. The van der Waals surface area contributed by atoms with Gasteiger partial charge in [-0.1, -0.05) is 140 Å². The highest BCUT2D eigenvalue weighted by molar-refractivity contribution is 7.14. The Hall–Kier alpha value is -11.1. The number of alkyl carbamates (subject to hydrolysis) is 1. The van der Waals surface area contributed by atoms with E-state index in [0.717, 1.165) is 59.9 Å². The van der Waals surface area contributed by atoms with E-state index in [1.165, 1.54) is 104 Å². The summed E-state index contributed by atoms with van der Waals surface area (Å²) in [5, 5.41) is 45.7. The van der Waals surface area contributed by atoms with Gasteiger partial charge in [-0.25, -0.2) is 19.6 Å². The van der Waals surface area contributed by atoms with Crippen molar-refractivity contribution in [1.29, 1.82) is 0 Å². The number of thiazole rings is 1. The van der Waals surface area contributed by atoms with Crippen LogP contribution in [0.2, 0.25) is 0 Å². The molecule has 140 heavy (non-hydrogen) atoms. The van der Waals surface area contributed by atoms with Gasteiger partial charge in [-0.2, -0.15) is 0 Å². The van der Waals surface area contributed by atoms with E-state index in [9.17, 15) is 72.5 Å².